The van der Waals surface area contributed by atoms with E-state index in [0.717, 1.165) is 5.56 Å². The number of para-hydroxylation sites is 2. The third-order valence-electron chi connectivity index (χ3n) is 4.53. The number of esters is 1. The first-order valence-corrected chi connectivity index (χ1v) is 9.72. The topological polar surface area (TPSA) is 93.7 Å². The van der Waals surface area contributed by atoms with Crippen molar-refractivity contribution in [3.8, 4) is 5.75 Å². The molecule has 0 fully saturated rings. The fourth-order valence-electron chi connectivity index (χ4n) is 2.85. The number of amides is 2. The van der Waals surface area contributed by atoms with Gasteiger partial charge in [-0.25, -0.2) is 4.79 Å². The lowest BCUT2D eigenvalue weighted by molar-refractivity contribution is -0.111. The summed E-state index contributed by atoms with van der Waals surface area (Å²) in [6.07, 6.45) is 3.01. The van der Waals surface area contributed by atoms with Gasteiger partial charge in [0.1, 0.15) is 5.75 Å². The lowest BCUT2D eigenvalue weighted by Gasteiger charge is -2.10. The van der Waals surface area contributed by atoms with E-state index in [1.165, 1.54) is 20.3 Å². The van der Waals surface area contributed by atoms with Gasteiger partial charge in [0.15, 0.2) is 0 Å². The van der Waals surface area contributed by atoms with Gasteiger partial charge in [-0.05, 0) is 60.2 Å². The summed E-state index contributed by atoms with van der Waals surface area (Å²) in [5.41, 5.74) is 2.76. The summed E-state index contributed by atoms with van der Waals surface area (Å²) < 4.78 is 9.88. The van der Waals surface area contributed by atoms with Gasteiger partial charge in [0.05, 0.1) is 25.5 Å². The van der Waals surface area contributed by atoms with Crippen LogP contribution in [0.25, 0.3) is 6.08 Å². The number of carbonyl (C=O) groups is 3. The van der Waals surface area contributed by atoms with Crippen molar-refractivity contribution in [3.63, 3.8) is 0 Å². The average molecular weight is 430 g/mol. The first-order chi connectivity index (χ1) is 15.5. The molecular weight excluding hydrogens is 408 g/mol. The van der Waals surface area contributed by atoms with Crippen molar-refractivity contribution >= 4 is 35.2 Å². The van der Waals surface area contributed by atoms with E-state index in [9.17, 15) is 14.4 Å². The molecule has 0 heterocycles. The minimum atomic E-state index is -0.418. The number of nitrogens with one attached hydrogen (secondary N) is 2. The highest BCUT2D eigenvalue weighted by Gasteiger charge is 2.10. The molecule has 0 unspecified atom stereocenters. The Morgan fingerprint density at radius 2 is 1.44 bits per heavy atom. The molecular formula is C25H22N2O5. The SMILES string of the molecule is COC(=O)c1ccc(/C=C/C(=O)Nc2ccc(C(=O)Nc3ccccc3OC)cc2)cc1. The third-order valence-corrected chi connectivity index (χ3v) is 4.53. The molecule has 162 valence electrons. The largest absolute Gasteiger partial charge is 0.495 e. The Labute approximate surface area is 185 Å². The van der Waals surface area contributed by atoms with Crippen LogP contribution in [0.2, 0.25) is 0 Å². The number of carbonyl (C=O) groups excluding carboxylic acids is 3. The lowest BCUT2D eigenvalue weighted by atomic mass is 10.1. The summed E-state index contributed by atoms with van der Waals surface area (Å²) in [7, 11) is 2.86. The van der Waals surface area contributed by atoms with Gasteiger partial charge in [0, 0.05) is 17.3 Å². The maximum Gasteiger partial charge on any atom is 0.337 e. The molecule has 3 aromatic carbocycles. The normalized spacial score (nSPS) is 10.4. The standard InChI is InChI=1S/C25H22N2O5/c1-31-22-6-4-3-5-21(22)27-24(29)18-12-14-20(15-13-18)26-23(28)16-9-17-7-10-19(11-8-17)25(30)32-2/h3-16H,1-2H3,(H,26,28)(H,27,29)/b16-9+. The highest BCUT2D eigenvalue weighted by atomic mass is 16.5. The summed E-state index contributed by atoms with van der Waals surface area (Å²) in [5.74, 6) is -0.467. The van der Waals surface area contributed by atoms with E-state index in [1.807, 2.05) is 6.07 Å². The van der Waals surface area contributed by atoms with Crippen molar-refractivity contribution in [2.45, 2.75) is 0 Å². The van der Waals surface area contributed by atoms with Gasteiger partial charge in [-0.15, -0.1) is 0 Å². The second kappa shape index (κ2) is 10.6. The summed E-state index contributed by atoms with van der Waals surface area (Å²) in [4.78, 5) is 36.1. The first-order valence-electron chi connectivity index (χ1n) is 9.72. The number of anilines is 2. The van der Waals surface area contributed by atoms with Crippen LogP contribution in [-0.4, -0.2) is 32.0 Å². The van der Waals surface area contributed by atoms with Crippen molar-refractivity contribution < 1.29 is 23.9 Å². The Morgan fingerprint density at radius 3 is 2.09 bits per heavy atom. The number of hydrogen-bond acceptors (Lipinski definition) is 5. The van der Waals surface area contributed by atoms with Gasteiger partial charge in [0.25, 0.3) is 5.91 Å². The van der Waals surface area contributed by atoms with Gasteiger partial charge in [0.2, 0.25) is 5.91 Å². The lowest BCUT2D eigenvalue weighted by Crippen LogP contribution is -2.13. The molecule has 0 aliphatic rings. The summed E-state index contributed by atoms with van der Waals surface area (Å²) in [6, 6.07) is 20.3. The van der Waals surface area contributed by atoms with Crippen LogP contribution in [-0.2, 0) is 9.53 Å². The summed E-state index contributed by atoms with van der Waals surface area (Å²) in [5, 5.41) is 5.53. The first kappa shape index (κ1) is 22.3. The molecule has 0 saturated heterocycles. The quantitative estimate of drug-likeness (QED) is 0.428. The maximum atomic E-state index is 12.5. The minimum Gasteiger partial charge on any atom is -0.495 e. The molecule has 7 nitrogen and oxygen atoms in total. The monoisotopic (exact) mass is 430 g/mol. The number of ether oxygens (including phenoxy) is 2. The van der Waals surface area contributed by atoms with E-state index in [4.69, 9.17) is 4.74 Å². The van der Waals surface area contributed by atoms with Crippen molar-refractivity contribution in [2.75, 3.05) is 24.9 Å². The minimum absolute atomic E-state index is 0.289. The molecule has 0 aliphatic heterocycles. The molecule has 0 aliphatic carbocycles. The fourth-order valence-corrected chi connectivity index (χ4v) is 2.85. The van der Waals surface area contributed by atoms with E-state index in [2.05, 4.69) is 15.4 Å². The smallest absolute Gasteiger partial charge is 0.337 e. The number of rotatable bonds is 7. The Morgan fingerprint density at radius 1 is 0.781 bits per heavy atom. The second-order valence-corrected chi connectivity index (χ2v) is 6.67. The molecule has 3 rings (SSSR count). The van der Waals surface area contributed by atoms with Crippen molar-refractivity contribution in [2.24, 2.45) is 0 Å². The molecule has 0 radical (unpaired) electrons. The molecule has 0 spiro atoms. The molecule has 0 bridgehead atoms. The predicted octanol–water partition coefficient (Wildman–Crippen LogP) is 4.39. The molecule has 2 amide bonds. The van der Waals surface area contributed by atoms with E-state index >= 15 is 0 Å². The van der Waals surface area contributed by atoms with Crippen molar-refractivity contribution in [3.05, 3.63) is 95.6 Å². The van der Waals surface area contributed by atoms with Gasteiger partial charge >= 0.3 is 5.97 Å². The van der Waals surface area contributed by atoms with E-state index < -0.39 is 5.97 Å². The predicted molar refractivity (Wildman–Crippen MR) is 123 cm³/mol. The van der Waals surface area contributed by atoms with Gasteiger partial charge in [-0.2, -0.15) is 0 Å². The van der Waals surface area contributed by atoms with E-state index in [-0.39, 0.29) is 11.8 Å². The molecule has 3 aromatic rings. The van der Waals surface area contributed by atoms with E-state index in [1.54, 1.807) is 72.8 Å². The Hall–Kier alpha value is -4.39. The van der Waals surface area contributed by atoms with Crippen LogP contribution >= 0.6 is 0 Å². The molecule has 32 heavy (non-hydrogen) atoms. The molecule has 0 atom stereocenters. The van der Waals surface area contributed by atoms with Crippen molar-refractivity contribution in [1.29, 1.82) is 0 Å². The van der Waals surface area contributed by atoms with Crippen LogP contribution in [0, 0.1) is 0 Å². The van der Waals surface area contributed by atoms with Gasteiger partial charge in [-0.1, -0.05) is 24.3 Å². The van der Waals surface area contributed by atoms with Crippen molar-refractivity contribution in [1.82, 2.24) is 0 Å². The highest BCUT2D eigenvalue weighted by molar-refractivity contribution is 6.06. The van der Waals surface area contributed by atoms with Crippen LogP contribution in [0.3, 0.4) is 0 Å². The average Bonchev–Trinajstić information content (AvgIpc) is 2.83. The highest BCUT2D eigenvalue weighted by Crippen LogP contribution is 2.24. The van der Waals surface area contributed by atoms with Crippen LogP contribution in [0.15, 0.2) is 78.9 Å². The fraction of sp³-hybridized carbons (Fsp3) is 0.0800. The Bertz CT molecular complexity index is 1140. The number of benzene rings is 3. The van der Waals surface area contributed by atoms with Crippen LogP contribution in [0.1, 0.15) is 26.3 Å². The maximum absolute atomic E-state index is 12.5. The molecule has 7 heteroatoms. The summed E-state index contributed by atoms with van der Waals surface area (Å²) in [6.45, 7) is 0. The van der Waals surface area contributed by atoms with E-state index in [0.29, 0.717) is 28.3 Å². The number of methoxy groups -OCH3 is 2. The van der Waals surface area contributed by atoms with Crippen LogP contribution < -0.4 is 15.4 Å². The van der Waals surface area contributed by atoms with Gasteiger partial charge in [-0.3, -0.25) is 9.59 Å². The van der Waals surface area contributed by atoms with Crippen LogP contribution in [0.5, 0.6) is 5.75 Å². The summed E-state index contributed by atoms with van der Waals surface area (Å²) >= 11 is 0. The zero-order valence-electron chi connectivity index (χ0n) is 17.6. The second-order valence-electron chi connectivity index (χ2n) is 6.67. The third kappa shape index (κ3) is 5.82. The number of hydrogen-bond donors (Lipinski definition) is 2. The van der Waals surface area contributed by atoms with Gasteiger partial charge < -0.3 is 20.1 Å². The molecule has 0 aromatic heterocycles. The Kier molecular flexibility index (Phi) is 7.37. The Balaban J connectivity index is 1.57. The zero-order valence-corrected chi connectivity index (χ0v) is 17.6. The molecule has 0 saturated carbocycles. The zero-order chi connectivity index (χ0) is 22.9. The molecule has 2 N–H and O–H groups in total. The van der Waals surface area contributed by atoms with Crippen LogP contribution in [0.4, 0.5) is 11.4 Å².